The molecule has 1 aromatic heterocycles. The van der Waals surface area contributed by atoms with Crippen LogP contribution in [0, 0.1) is 0 Å². The summed E-state index contributed by atoms with van der Waals surface area (Å²) in [6.07, 6.45) is 4.56. The molecule has 5 heterocycles. The molecular formula is C48H51N5O5. The van der Waals surface area contributed by atoms with Crippen molar-refractivity contribution < 1.29 is 24.2 Å². The maximum Gasteiger partial charge on any atom is 0.259 e. The van der Waals surface area contributed by atoms with Gasteiger partial charge in [-0.3, -0.25) is 19.3 Å². The average Bonchev–Trinajstić information content (AvgIpc) is 3.87. The molecule has 0 saturated carbocycles. The van der Waals surface area contributed by atoms with Crippen molar-refractivity contribution >= 4 is 23.4 Å². The number of hydrogen-bond donors (Lipinski definition) is 1. The lowest BCUT2D eigenvalue weighted by Gasteiger charge is -2.40. The predicted octanol–water partition coefficient (Wildman–Crippen LogP) is 6.85. The molecule has 10 heteroatoms. The van der Waals surface area contributed by atoms with Gasteiger partial charge >= 0.3 is 0 Å². The number of carbonyl (C=O) groups is 3. The van der Waals surface area contributed by atoms with E-state index in [4.69, 9.17) is 4.74 Å². The fourth-order valence-corrected chi connectivity index (χ4v) is 9.35. The first-order valence-electron chi connectivity index (χ1n) is 20.8. The summed E-state index contributed by atoms with van der Waals surface area (Å²) in [5.74, 6) is 0.0746. The van der Waals surface area contributed by atoms with Gasteiger partial charge in [0.25, 0.3) is 11.8 Å². The van der Waals surface area contributed by atoms with E-state index in [-0.39, 0.29) is 29.5 Å². The van der Waals surface area contributed by atoms with Gasteiger partial charge in [-0.2, -0.15) is 0 Å². The van der Waals surface area contributed by atoms with Crippen LogP contribution >= 0.6 is 0 Å². The van der Waals surface area contributed by atoms with Crippen LogP contribution < -0.4 is 4.90 Å². The number of aryl methyl sites for hydroxylation is 1. The van der Waals surface area contributed by atoms with Crippen LogP contribution in [0.5, 0.6) is 5.75 Å². The molecule has 0 bridgehead atoms. The monoisotopic (exact) mass is 777 g/mol. The smallest absolute Gasteiger partial charge is 0.259 e. The van der Waals surface area contributed by atoms with Crippen molar-refractivity contribution in [3.05, 3.63) is 142 Å². The molecule has 9 rings (SSSR count). The van der Waals surface area contributed by atoms with E-state index < -0.39 is 0 Å². The van der Waals surface area contributed by atoms with E-state index in [1.54, 1.807) is 36.2 Å². The number of carbonyl (C=O) groups excluding carboxylic acids is 3. The Hall–Kier alpha value is -5.71. The molecular weight excluding hydrogens is 727 g/mol. The summed E-state index contributed by atoms with van der Waals surface area (Å²) in [5.41, 5.74) is 10.2. The number of aromatic hydroxyl groups is 1. The molecule has 298 valence electrons. The van der Waals surface area contributed by atoms with E-state index >= 15 is 4.79 Å². The van der Waals surface area contributed by atoms with Crippen LogP contribution in [-0.4, -0.2) is 88.0 Å². The second kappa shape index (κ2) is 16.3. The molecule has 0 aliphatic carbocycles. The first-order valence-corrected chi connectivity index (χ1v) is 20.8. The molecule has 10 nitrogen and oxygen atoms in total. The summed E-state index contributed by atoms with van der Waals surface area (Å²) >= 11 is 0. The SMILES string of the molecule is CN(C(=O)c1cc(-c2cc3c(cc2C(=O)N2Cc4ccccc4C[C@H]2CN2CCOCC2)CN(C(=O)CCc2ccccc2)C3)n2c1CCCC2)c1ccc(O)cc1. The van der Waals surface area contributed by atoms with Gasteiger partial charge in [-0.25, -0.2) is 0 Å². The van der Waals surface area contributed by atoms with Crippen LogP contribution in [0.15, 0.2) is 97.1 Å². The fraction of sp³-hybridized carbons (Fsp3) is 0.354. The average molecular weight is 778 g/mol. The Kier molecular flexibility index (Phi) is 10.6. The quantitative estimate of drug-likeness (QED) is 0.176. The summed E-state index contributed by atoms with van der Waals surface area (Å²) < 4.78 is 7.94. The minimum atomic E-state index is -0.134. The number of hydrogen-bond acceptors (Lipinski definition) is 6. The van der Waals surface area contributed by atoms with Crippen molar-refractivity contribution in [3.63, 3.8) is 0 Å². The van der Waals surface area contributed by atoms with E-state index in [0.717, 1.165) is 91.1 Å². The standard InChI is InChI=1S/C48H51N5O5/c1-49(38-15-17-40(54)18-16-38)47(56)43-28-45(52-20-8-7-13-44(43)52)41-26-36-29-51(46(55)19-14-33-9-3-2-4-10-33)30-37(36)27-42(41)48(57)53-31-35-12-6-5-11-34(35)25-39(53)32-50-21-23-58-24-22-50/h2-6,9-12,15-18,26-28,39,54H,7-8,13-14,19-25,29-32H2,1H3/t39-/m0/s1. The zero-order valence-electron chi connectivity index (χ0n) is 33.2. The number of aromatic nitrogens is 1. The highest BCUT2D eigenvalue weighted by molar-refractivity contribution is 6.08. The predicted molar refractivity (Wildman–Crippen MR) is 224 cm³/mol. The fourth-order valence-electron chi connectivity index (χ4n) is 9.35. The summed E-state index contributed by atoms with van der Waals surface area (Å²) in [4.78, 5) is 51.5. The maximum absolute atomic E-state index is 15.5. The Morgan fingerprint density at radius 3 is 2.28 bits per heavy atom. The molecule has 4 aromatic carbocycles. The van der Waals surface area contributed by atoms with Crippen molar-refractivity contribution in [3.8, 4) is 17.0 Å². The second-order valence-electron chi connectivity index (χ2n) is 16.3. The molecule has 0 radical (unpaired) electrons. The zero-order chi connectivity index (χ0) is 39.8. The van der Waals surface area contributed by atoms with Gasteiger partial charge in [0.2, 0.25) is 5.91 Å². The van der Waals surface area contributed by atoms with Gasteiger partial charge in [0, 0.05) is 93.5 Å². The molecule has 4 aliphatic heterocycles. The summed E-state index contributed by atoms with van der Waals surface area (Å²) in [6.45, 7) is 6.00. The number of amides is 3. The molecule has 0 spiro atoms. The van der Waals surface area contributed by atoms with Crippen LogP contribution in [-0.2, 0) is 55.0 Å². The number of anilines is 1. The highest BCUT2D eigenvalue weighted by Gasteiger charge is 2.36. The van der Waals surface area contributed by atoms with E-state index in [1.807, 2.05) is 29.2 Å². The number of nitrogens with zero attached hydrogens (tertiary/aromatic N) is 5. The number of ether oxygens (including phenoxy) is 1. The molecule has 1 saturated heterocycles. The van der Waals surface area contributed by atoms with Gasteiger partial charge in [-0.05, 0) is 102 Å². The van der Waals surface area contributed by atoms with Crippen molar-refractivity contribution in [2.75, 3.05) is 44.8 Å². The topological polar surface area (TPSA) is 98.6 Å². The number of phenolic OH excluding ortho intramolecular Hbond substituents is 1. The van der Waals surface area contributed by atoms with E-state index in [0.29, 0.717) is 62.5 Å². The maximum atomic E-state index is 15.5. The summed E-state index contributed by atoms with van der Waals surface area (Å²) in [6, 6.07) is 31.4. The molecule has 1 atom stereocenters. The van der Waals surface area contributed by atoms with E-state index in [2.05, 4.69) is 62.9 Å². The van der Waals surface area contributed by atoms with Gasteiger partial charge in [-0.1, -0.05) is 54.6 Å². The lowest BCUT2D eigenvalue weighted by molar-refractivity contribution is -0.131. The van der Waals surface area contributed by atoms with Crippen LogP contribution in [0.25, 0.3) is 11.3 Å². The lowest BCUT2D eigenvalue weighted by Crippen LogP contribution is -2.52. The summed E-state index contributed by atoms with van der Waals surface area (Å²) in [7, 11) is 1.76. The molecule has 5 aromatic rings. The highest BCUT2D eigenvalue weighted by atomic mass is 16.5. The van der Waals surface area contributed by atoms with Crippen molar-refractivity contribution in [1.82, 2.24) is 19.3 Å². The normalized spacial score (nSPS) is 17.7. The van der Waals surface area contributed by atoms with Gasteiger partial charge in [0.1, 0.15) is 5.75 Å². The van der Waals surface area contributed by atoms with Crippen LogP contribution in [0.4, 0.5) is 5.69 Å². The minimum absolute atomic E-state index is 0.0279. The van der Waals surface area contributed by atoms with Crippen LogP contribution in [0.3, 0.4) is 0 Å². The Morgan fingerprint density at radius 1 is 0.776 bits per heavy atom. The lowest BCUT2D eigenvalue weighted by atomic mass is 9.91. The van der Waals surface area contributed by atoms with Crippen molar-refractivity contribution in [2.24, 2.45) is 0 Å². The van der Waals surface area contributed by atoms with Crippen LogP contribution in [0.2, 0.25) is 0 Å². The first-order chi connectivity index (χ1) is 28.3. The number of morpholine rings is 1. The van der Waals surface area contributed by atoms with Gasteiger partial charge in [-0.15, -0.1) is 0 Å². The van der Waals surface area contributed by atoms with Gasteiger partial charge in [0.15, 0.2) is 0 Å². The van der Waals surface area contributed by atoms with Crippen molar-refractivity contribution in [1.29, 1.82) is 0 Å². The Labute approximate surface area is 340 Å². The first kappa shape index (κ1) is 37.8. The second-order valence-corrected chi connectivity index (χ2v) is 16.3. The minimum Gasteiger partial charge on any atom is -0.508 e. The Bertz CT molecular complexity index is 2330. The molecule has 4 aliphatic rings. The largest absolute Gasteiger partial charge is 0.508 e. The van der Waals surface area contributed by atoms with Gasteiger partial charge < -0.3 is 29.1 Å². The molecule has 1 N–H and O–H groups in total. The number of phenols is 1. The molecule has 58 heavy (non-hydrogen) atoms. The third kappa shape index (κ3) is 7.54. The molecule has 0 unspecified atom stereocenters. The Balaban J connectivity index is 1.11. The third-order valence-corrected chi connectivity index (χ3v) is 12.6. The third-order valence-electron chi connectivity index (χ3n) is 12.6. The highest BCUT2D eigenvalue weighted by Crippen LogP contribution is 2.39. The van der Waals surface area contributed by atoms with E-state index in [9.17, 15) is 14.7 Å². The Morgan fingerprint density at radius 2 is 1.50 bits per heavy atom. The number of rotatable bonds is 9. The van der Waals surface area contributed by atoms with E-state index in [1.165, 1.54) is 5.56 Å². The van der Waals surface area contributed by atoms with Crippen LogP contribution in [0.1, 0.15) is 73.5 Å². The van der Waals surface area contributed by atoms with Crippen molar-refractivity contribution in [2.45, 2.75) is 70.7 Å². The molecule has 3 amide bonds. The summed E-state index contributed by atoms with van der Waals surface area (Å²) in [5, 5.41) is 9.91. The molecule has 1 fully saturated rings. The number of fused-ring (bicyclic) bond motifs is 3. The number of benzene rings is 4. The zero-order valence-corrected chi connectivity index (χ0v) is 33.2. The van der Waals surface area contributed by atoms with Gasteiger partial charge in [0.05, 0.1) is 18.8 Å².